The van der Waals surface area contributed by atoms with Crippen LogP contribution < -0.4 is 10.6 Å². The van der Waals surface area contributed by atoms with Gasteiger partial charge in [0, 0.05) is 10.9 Å². The maximum atomic E-state index is 13.1. The number of amides is 4. The third-order valence-electron chi connectivity index (χ3n) is 5.68. The summed E-state index contributed by atoms with van der Waals surface area (Å²) in [6, 6.07) is 16.6. The number of benzene rings is 2. The van der Waals surface area contributed by atoms with Crippen LogP contribution in [0.2, 0.25) is 0 Å². The first-order valence-electron chi connectivity index (χ1n) is 10.5. The van der Waals surface area contributed by atoms with Crippen molar-refractivity contribution >= 4 is 34.3 Å². The highest BCUT2D eigenvalue weighted by Gasteiger charge is 2.51. The number of carbonyl (C=O) groups is 3. The largest absolute Gasteiger partial charge is 0.325 e. The summed E-state index contributed by atoms with van der Waals surface area (Å²) in [4.78, 5) is 43.7. The number of anilines is 1. The second-order valence-corrected chi connectivity index (χ2v) is 8.44. The van der Waals surface area contributed by atoms with Crippen molar-refractivity contribution in [3.05, 3.63) is 71.1 Å². The number of aromatic nitrogens is 1. The van der Waals surface area contributed by atoms with E-state index in [0.717, 1.165) is 22.6 Å². The number of thiazole rings is 1. The van der Waals surface area contributed by atoms with E-state index in [9.17, 15) is 14.4 Å². The van der Waals surface area contributed by atoms with Gasteiger partial charge in [0.05, 0.1) is 5.69 Å². The summed E-state index contributed by atoms with van der Waals surface area (Å²) in [6.45, 7) is 3.56. The van der Waals surface area contributed by atoms with Crippen molar-refractivity contribution in [1.29, 1.82) is 0 Å². The Kier molecular flexibility index (Phi) is 6.05. The second kappa shape index (κ2) is 8.92. The van der Waals surface area contributed by atoms with Gasteiger partial charge in [0.2, 0.25) is 5.91 Å². The average Bonchev–Trinajstić information content (AvgIpc) is 3.38. The van der Waals surface area contributed by atoms with E-state index in [1.807, 2.05) is 42.6 Å². The van der Waals surface area contributed by atoms with Crippen LogP contribution in [0.3, 0.4) is 0 Å². The van der Waals surface area contributed by atoms with Crippen LogP contribution in [-0.4, -0.2) is 34.3 Å². The molecular formula is C24H24N4O3S. The molecule has 4 amide bonds. The molecule has 1 aliphatic heterocycles. The molecule has 4 rings (SSSR count). The summed E-state index contributed by atoms with van der Waals surface area (Å²) in [5.74, 6) is -0.905. The standard InChI is InChI=1S/C24H24N4O3S/c1-3-16-10-12-17(13-11-16)19-15-32-22(25-19)26-20(29)14-28-21(30)24(4-2,27-23(28)31)18-8-6-5-7-9-18/h5-13,15H,3-4,14H2,1-2H3,(H,27,31)(H,25,26,29)/t24-/m0/s1. The van der Waals surface area contributed by atoms with Crippen LogP contribution in [0.1, 0.15) is 31.4 Å². The van der Waals surface area contributed by atoms with Crippen molar-refractivity contribution in [2.75, 3.05) is 11.9 Å². The van der Waals surface area contributed by atoms with Crippen LogP contribution in [0.15, 0.2) is 60.0 Å². The van der Waals surface area contributed by atoms with Crippen LogP contribution >= 0.6 is 11.3 Å². The fraction of sp³-hybridized carbons (Fsp3) is 0.250. The summed E-state index contributed by atoms with van der Waals surface area (Å²) in [5, 5.41) is 7.77. The molecule has 8 heteroatoms. The molecule has 2 N–H and O–H groups in total. The minimum Gasteiger partial charge on any atom is -0.319 e. The first kappa shape index (κ1) is 21.7. The molecular weight excluding hydrogens is 424 g/mol. The molecule has 32 heavy (non-hydrogen) atoms. The van der Waals surface area contributed by atoms with Crippen LogP contribution in [0, 0.1) is 0 Å². The van der Waals surface area contributed by atoms with Crippen molar-refractivity contribution in [1.82, 2.24) is 15.2 Å². The first-order chi connectivity index (χ1) is 15.5. The number of hydrogen-bond acceptors (Lipinski definition) is 5. The predicted molar refractivity (Wildman–Crippen MR) is 124 cm³/mol. The van der Waals surface area contributed by atoms with Gasteiger partial charge in [0.25, 0.3) is 5.91 Å². The third kappa shape index (κ3) is 4.01. The van der Waals surface area contributed by atoms with E-state index in [1.54, 1.807) is 12.1 Å². The van der Waals surface area contributed by atoms with Gasteiger partial charge < -0.3 is 10.6 Å². The lowest BCUT2D eigenvalue weighted by atomic mass is 9.87. The van der Waals surface area contributed by atoms with Gasteiger partial charge in [-0.3, -0.25) is 14.5 Å². The van der Waals surface area contributed by atoms with Gasteiger partial charge in [-0.25, -0.2) is 9.78 Å². The third-order valence-corrected chi connectivity index (χ3v) is 6.44. The number of aryl methyl sites for hydroxylation is 1. The molecule has 3 aromatic rings. The smallest absolute Gasteiger partial charge is 0.319 e. The SMILES string of the molecule is CCc1ccc(-c2csc(NC(=O)CN3C(=O)N[C@@](CC)(c4ccccc4)C3=O)n2)cc1. The summed E-state index contributed by atoms with van der Waals surface area (Å²) < 4.78 is 0. The number of carbonyl (C=O) groups excluding carboxylic acids is 3. The molecule has 1 fully saturated rings. The van der Waals surface area contributed by atoms with Crippen molar-refractivity contribution in [2.24, 2.45) is 0 Å². The Morgan fingerprint density at radius 1 is 1.09 bits per heavy atom. The number of nitrogens with zero attached hydrogens (tertiary/aromatic N) is 2. The van der Waals surface area contributed by atoms with Gasteiger partial charge >= 0.3 is 6.03 Å². The van der Waals surface area contributed by atoms with E-state index in [2.05, 4.69) is 34.7 Å². The Bertz CT molecular complexity index is 1140. The van der Waals surface area contributed by atoms with Crippen molar-refractivity contribution in [3.63, 3.8) is 0 Å². The van der Waals surface area contributed by atoms with E-state index in [4.69, 9.17) is 0 Å². The average molecular weight is 449 g/mol. The van der Waals surface area contributed by atoms with E-state index in [-0.39, 0.29) is 6.54 Å². The van der Waals surface area contributed by atoms with Gasteiger partial charge in [0.1, 0.15) is 12.1 Å². The Labute approximate surface area is 190 Å². The fourth-order valence-corrected chi connectivity index (χ4v) is 4.54. The maximum Gasteiger partial charge on any atom is 0.325 e. The zero-order chi connectivity index (χ0) is 22.7. The number of hydrogen-bond donors (Lipinski definition) is 2. The molecule has 0 unspecified atom stereocenters. The fourth-order valence-electron chi connectivity index (χ4n) is 3.81. The highest BCUT2D eigenvalue weighted by atomic mass is 32.1. The van der Waals surface area contributed by atoms with E-state index in [0.29, 0.717) is 17.1 Å². The zero-order valence-electron chi connectivity index (χ0n) is 17.9. The van der Waals surface area contributed by atoms with Crippen LogP contribution in [0.5, 0.6) is 0 Å². The molecule has 0 bridgehead atoms. The quantitative estimate of drug-likeness (QED) is 0.531. The maximum absolute atomic E-state index is 13.1. The monoisotopic (exact) mass is 448 g/mol. The van der Waals surface area contributed by atoms with E-state index >= 15 is 0 Å². The topological polar surface area (TPSA) is 91.4 Å². The summed E-state index contributed by atoms with van der Waals surface area (Å²) in [5.41, 5.74) is 2.50. The van der Waals surface area contributed by atoms with Crippen molar-refractivity contribution in [3.8, 4) is 11.3 Å². The van der Waals surface area contributed by atoms with Gasteiger partial charge in [-0.15, -0.1) is 11.3 Å². The second-order valence-electron chi connectivity index (χ2n) is 7.58. The lowest BCUT2D eigenvalue weighted by molar-refractivity contribution is -0.134. The first-order valence-corrected chi connectivity index (χ1v) is 11.4. The number of imide groups is 1. The van der Waals surface area contributed by atoms with Crippen molar-refractivity contribution < 1.29 is 14.4 Å². The van der Waals surface area contributed by atoms with Gasteiger partial charge in [-0.1, -0.05) is 68.4 Å². The molecule has 0 radical (unpaired) electrons. The molecule has 1 saturated heterocycles. The normalized spacial score (nSPS) is 18.0. The van der Waals surface area contributed by atoms with Crippen LogP contribution in [0.25, 0.3) is 11.3 Å². The van der Waals surface area contributed by atoms with Gasteiger partial charge in [-0.05, 0) is 24.0 Å². The molecule has 2 aromatic carbocycles. The zero-order valence-corrected chi connectivity index (χ0v) is 18.7. The molecule has 0 spiro atoms. The van der Waals surface area contributed by atoms with Crippen LogP contribution in [-0.2, 0) is 21.5 Å². The Morgan fingerprint density at radius 3 is 2.47 bits per heavy atom. The molecule has 0 saturated carbocycles. The molecule has 1 aliphatic rings. The number of rotatable bonds is 7. The molecule has 164 valence electrons. The van der Waals surface area contributed by atoms with Crippen molar-refractivity contribution in [2.45, 2.75) is 32.2 Å². The van der Waals surface area contributed by atoms with Gasteiger partial charge in [0.15, 0.2) is 5.13 Å². The predicted octanol–water partition coefficient (Wildman–Crippen LogP) is 4.17. The number of nitrogens with one attached hydrogen (secondary N) is 2. The minimum absolute atomic E-state index is 0.376. The number of urea groups is 1. The van der Waals surface area contributed by atoms with Crippen LogP contribution in [0.4, 0.5) is 9.93 Å². The lowest BCUT2D eigenvalue weighted by Crippen LogP contribution is -2.44. The van der Waals surface area contributed by atoms with E-state index < -0.39 is 23.4 Å². The molecule has 1 atom stereocenters. The molecule has 7 nitrogen and oxygen atoms in total. The Hall–Kier alpha value is -3.52. The summed E-state index contributed by atoms with van der Waals surface area (Å²) >= 11 is 1.30. The lowest BCUT2D eigenvalue weighted by Gasteiger charge is -2.25. The molecule has 0 aliphatic carbocycles. The highest BCUT2D eigenvalue weighted by molar-refractivity contribution is 7.14. The summed E-state index contributed by atoms with van der Waals surface area (Å²) in [7, 11) is 0. The Balaban J connectivity index is 1.45. The highest BCUT2D eigenvalue weighted by Crippen LogP contribution is 2.32. The van der Waals surface area contributed by atoms with Gasteiger partial charge in [-0.2, -0.15) is 0 Å². The molecule has 1 aromatic heterocycles. The summed E-state index contributed by atoms with van der Waals surface area (Å²) in [6.07, 6.45) is 1.34. The van der Waals surface area contributed by atoms with E-state index in [1.165, 1.54) is 16.9 Å². The Morgan fingerprint density at radius 2 is 1.81 bits per heavy atom. The molecule has 2 heterocycles. The minimum atomic E-state index is -1.16.